The summed E-state index contributed by atoms with van der Waals surface area (Å²) in [6.07, 6.45) is 6.28. The van der Waals surface area contributed by atoms with Crippen molar-refractivity contribution >= 4 is 23.4 Å². The summed E-state index contributed by atoms with van der Waals surface area (Å²) in [7, 11) is 1.65. The Bertz CT molecular complexity index is 1240. The molecule has 2 aromatic carbocycles. The molecule has 0 saturated carbocycles. The number of rotatable bonds is 10. The number of hydrogen-bond acceptors (Lipinski definition) is 3. The van der Waals surface area contributed by atoms with Gasteiger partial charge in [0.25, 0.3) is 5.91 Å². The van der Waals surface area contributed by atoms with Gasteiger partial charge in [0.1, 0.15) is 5.75 Å². The first-order chi connectivity index (χ1) is 18.4. The van der Waals surface area contributed by atoms with E-state index in [-0.39, 0.29) is 11.8 Å². The van der Waals surface area contributed by atoms with Gasteiger partial charge in [-0.15, -0.1) is 0 Å². The largest absolute Gasteiger partial charge is 0.495 e. The second-order valence-corrected chi connectivity index (χ2v) is 10.3. The molecule has 4 rings (SSSR count). The number of benzene rings is 2. The molecule has 0 aliphatic carbocycles. The van der Waals surface area contributed by atoms with Gasteiger partial charge in [-0.3, -0.25) is 9.59 Å². The summed E-state index contributed by atoms with van der Waals surface area (Å²) in [6, 6.07) is 17.4. The van der Waals surface area contributed by atoms with Crippen molar-refractivity contribution in [2.24, 2.45) is 0 Å². The maximum atomic E-state index is 13.8. The molecule has 0 N–H and O–H groups in total. The predicted molar refractivity (Wildman–Crippen MR) is 153 cm³/mol. The van der Waals surface area contributed by atoms with Crippen molar-refractivity contribution in [1.29, 1.82) is 0 Å². The molecule has 202 valence electrons. The zero-order valence-corrected chi connectivity index (χ0v) is 23.5. The predicted octanol–water partition coefficient (Wildman–Crippen LogP) is 6.76. The van der Waals surface area contributed by atoms with E-state index < -0.39 is 0 Å². The fourth-order valence-corrected chi connectivity index (χ4v) is 5.27. The highest BCUT2D eigenvalue weighted by Crippen LogP contribution is 2.34. The second kappa shape index (κ2) is 13.0. The van der Waals surface area contributed by atoms with Gasteiger partial charge in [-0.1, -0.05) is 68.5 Å². The summed E-state index contributed by atoms with van der Waals surface area (Å²) in [6.45, 7) is 6.40. The molecule has 7 heteroatoms. The molecule has 0 atom stereocenters. The third kappa shape index (κ3) is 6.24. The lowest BCUT2D eigenvalue weighted by Crippen LogP contribution is -2.50. The van der Waals surface area contributed by atoms with Crippen LogP contribution in [0.15, 0.2) is 54.6 Å². The maximum absolute atomic E-state index is 13.8. The van der Waals surface area contributed by atoms with Crippen LogP contribution in [0.25, 0.3) is 16.9 Å². The molecule has 0 bridgehead atoms. The van der Waals surface area contributed by atoms with Crippen LogP contribution in [-0.4, -0.2) is 59.5 Å². The minimum atomic E-state index is -0.0157. The van der Waals surface area contributed by atoms with Crippen molar-refractivity contribution in [3.8, 4) is 22.7 Å². The summed E-state index contributed by atoms with van der Waals surface area (Å²) in [4.78, 5) is 30.2. The van der Waals surface area contributed by atoms with Crippen molar-refractivity contribution in [3.63, 3.8) is 0 Å². The van der Waals surface area contributed by atoms with E-state index in [0.29, 0.717) is 43.2 Å². The first-order valence-electron chi connectivity index (χ1n) is 13.6. The molecule has 2 amide bonds. The topological polar surface area (TPSA) is 54.8 Å². The van der Waals surface area contributed by atoms with Crippen LogP contribution in [0.5, 0.6) is 5.75 Å². The normalized spacial score (nSPS) is 13.6. The molecular formula is C31H38ClN3O3. The van der Waals surface area contributed by atoms with Gasteiger partial charge in [0.15, 0.2) is 0 Å². The highest BCUT2D eigenvalue weighted by atomic mass is 35.5. The molecule has 0 spiro atoms. The Labute approximate surface area is 231 Å². The average Bonchev–Trinajstić information content (AvgIpc) is 3.29. The number of amides is 2. The van der Waals surface area contributed by atoms with Crippen molar-refractivity contribution < 1.29 is 14.3 Å². The first-order valence-corrected chi connectivity index (χ1v) is 14.0. The quantitative estimate of drug-likeness (QED) is 0.269. The van der Waals surface area contributed by atoms with Crippen LogP contribution in [0.4, 0.5) is 0 Å². The monoisotopic (exact) mass is 535 g/mol. The third-order valence-corrected chi connectivity index (χ3v) is 7.61. The molecule has 0 radical (unpaired) electrons. The number of hydrogen-bond donors (Lipinski definition) is 0. The van der Waals surface area contributed by atoms with Crippen LogP contribution in [0.3, 0.4) is 0 Å². The van der Waals surface area contributed by atoms with Crippen molar-refractivity contribution in [2.75, 3.05) is 33.3 Å². The number of carbonyl (C=O) groups is 2. The Kier molecular flexibility index (Phi) is 9.51. The number of halogens is 1. The molecule has 1 aliphatic heterocycles. The highest BCUT2D eigenvalue weighted by Gasteiger charge is 2.28. The molecular weight excluding hydrogens is 498 g/mol. The summed E-state index contributed by atoms with van der Waals surface area (Å²) >= 11 is 6.16. The number of para-hydroxylation sites is 2. The number of ether oxygens (including phenoxy) is 1. The van der Waals surface area contributed by atoms with Crippen molar-refractivity contribution in [2.45, 2.75) is 52.4 Å². The SMILES string of the molecule is CCCCCCCC(=O)N1CCN(C(=O)c2cc(-c3ccc(Cl)cc3)n(-c3ccccc3OC)c2C)CC1. The molecule has 1 aliphatic rings. The summed E-state index contributed by atoms with van der Waals surface area (Å²) in [5.41, 5.74) is 4.21. The number of unbranched alkanes of at least 4 members (excludes halogenated alkanes) is 4. The summed E-state index contributed by atoms with van der Waals surface area (Å²) < 4.78 is 7.73. The van der Waals surface area contributed by atoms with Crippen LogP contribution in [0.1, 0.15) is 61.5 Å². The lowest BCUT2D eigenvalue weighted by atomic mass is 10.1. The van der Waals surface area contributed by atoms with E-state index >= 15 is 0 Å². The van der Waals surface area contributed by atoms with Crippen molar-refractivity contribution in [1.82, 2.24) is 14.4 Å². The molecule has 1 aromatic heterocycles. The number of aromatic nitrogens is 1. The second-order valence-electron chi connectivity index (χ2n) is 9.88. The Morgan fingerprint density at radius 2 is 1.55 bits per heavy atom. The number of nitrogens with zero attached hydrogens (tertiary/aromatic N) is 3. The maximum Gasteiger partial charge on any atom is 0.255 e. The molecule has 6 nitrogen and oxygen atoms in total. The molecule has 2 heterocycles. The number of piperazine rings is 1. The van der Waals surface area contributed by atoms with Gasteiger partial charge in [-0.05, 0) is 49.2 Å². The minimum Gasteiger partial charge on any atom is -0.495 e. The van der Waals surface area contributed by atoms with Gasteiger partial charge in [-0.2, -0.15) is 0 Å². The fraction of sp³-hybridized carbons (Fsp3) is 0.419. The first kappa shape index (κ1) is 27.8. The average molecular weight is 536 g/mol. The van der Waals surface area contributed by atoms with E-state index in [1.807, 2.05) is 71.3 Å². The van der Waals surface area contributed by atoms with Crippen LogP contribution in [-0.2, 0) is 4.79 Å². The van der Waals surface area contributed by atoms with E-state index in [2.05, 4.69) is 11.5 Å². The smallest absolute Gasteiger partial charge is 0.255 e. The van der Waals surface area contributed by atoms with Gasteiger partial charge in [0.2, 0.25) is 5.91 Å². The van der Waals surface area contributed by atoms with Gasteiger partial charge >= 0.3 is 0 Å². The van der Waals surface area contributed by atoms with Gasteiger partial charge in [0.05, 0.1) is 24.1 Å². The van der Waals surface area contributed by atoms with Gasteiger partial charge in [0, 0.05) is 43.3 Å². The van der Waals surface area contributed by atoms with Crippen LogP contribution < -0.4 is 4.74 Å². The summed E-state index contributed by atoms with van der Waals surface area (Å²) in [5, 5.41) is 0.658. The number of carbonyl (C=O) groups excluding carboxylic acids is 2. The standard InChI is InChI=1S/C31H38ClN3O3/c1-4-5-6-7-8-13-30(36)33-18-20-34(21-19-33)31(37)26-22-28(24-14-16-25(32)17-15-24)35(23(26)2)27-11-9-10-12-29(27)38-3/h9-12,14-17,22H,4-8,13,18-21H2,1-3H3. The van der Waals surface area contributed by atoms with E-state index in [1.54, 1.807) is 7.11 Å². The Balaban J connectivity index is 1.54. The lowest BCUT2D eigenvalue weighted by Gasteiger charge is -2.35. The van der Waals surface area contributed by atoms with Crippen LogP contribution in [0.2, 0.25) is 5.02 Å². The zero-order valence-electron chi connectivity index (χ0n) is 22.7. The molecule has 1 fully saturated rings. The Morgan fingerprint density at radius 3 is 2.24 bits per heavy atom. The van der Waals surface area contributed by atoms with E-state index in [0.717, 1.165) is 41.2 Å². The van der Waals surface area contributed by atoms with Crippen LogP contribution in [0, 0.1) is 6.92 Å². The highest BCUT2D eigenvalue weighted by molar-refractivity contribution is 6.30. The number of methoxy groups -OCH3 is 1. The third-order valence-electron chi connectivity index (χ3n) is 7.36. The van der Waals surface area contributed by atoms with E-state index in [4.69, 9.17) is 16.3 Å². The van der Waals surface area contributed by atoms with Gasteiger partial charge in [-0.25, -0.2) is 0 Å². The minimum absolute atomic E-state index is 0.0157. The molecule has 38 heavy (non-hydrogen) atoms. The van der Waals surface area contributed by atoms with Crippen LogP contribution >= 0.6 is 11.6 Å². The molecule has 1 saturated heterocycles. The van der Waals surface area contributed by atoms with Crippen molar-refractivity contribution in [3.05, 3.63) is 70.9 Å². The fourth-order valence-electron chi connectivity index (χ4n) is 5.15. The molecule has 3 aromatic rings. The van der Waals surface area contributed by atoms with E-state index in [9.17, 15) is 9.59 Å². The Morgan fingerprint density at radius 1 is 0.895 bits per heavy atom. The van der Waals surface area contributed by atoms with E-state index in [1.165, 1.54) is 19.3 Å². The lowest BCUT2D eigenvalue weighted by molar-refractivity contribution is -0.132. The molecule has 0 unspecified atom stereocenters. The zero-order chi connectivity index (χ0) is 27.1. The Hall–Kier alpha value is -3.25. The summed E-state index contributed by atoms with van der Waals surface area (Å²) in [5.74, 6) is 0.914. The van der Waals surface area contributed by atoms with Gasteiger partial charge < -0.3 is 19.1 Å².